The van der Waals surface area contributed by atoms with Gasteiger partial charge >= 0.3 is 5.00 Å². The quantitative estimate of drug-likeness (QED) is 0.451. The van der Waals surface area contributed by atoms with Crippen molar-refractivity contribution >= 4 is 28.2 Å². The minimum atomic E-state index is -0.532. The average Bonchev–Trinajstić information content (AvgIpc) is 3.48. The Morgan fingerprint density at radius 1 is 0.971 bits per heavy atom. The van der Waals surface area contributed by atoms with Gasteiger partial charge in [0.15, 0.2) is 0 Å². The van der Waals surface area contributed by atoms with Gasteiger partial charge in [-0.15, -0.1) is 0 Å². The first kappa shape index (κ1) is 23.8. The Morgan fingerprint density at radius 2 is 1.62 bits per heavy atom. The SMILES string of the molecule is COc1ccc(OC)c(C(=O)N2CCC3(CC2)CCN(C(=O)c2csc([N+](=O)[O-])c2OC)C3)c1. The number of amides is 2. The lowest BCUT2D eigenvalue weighted by Gasteiger charge is -2.39. The molecule has 0 N–H and O–H groups in total. The topological polar surface area (TPSA) is 111 Å². The van der Waals surface area contributed by atoms with E-state index in [1.807, 2.05) is 4.90 Å². The third-order valence-electron chi connectivity index (χ3n) is 6.80. The maximum Gasteiger partial charge on any atom is 0.366 e. The van der Waals surface area contributed by atoms with Gasteiger partial charge in [0.25, 0.3) is 11.8 Å². The lowest BCUT2D eigenvalue weighted by atomic mass is 9.77. The summed E-state index contributed by atoms with van der Waals surface area (Å²) in [7, 11) is 4.42. The van der Waals surface area contributed by atoms with Crippen LogP contribution in [0.2, 0.25) is 0 Å². The molecule has 0 atom stereocenters. The summed E-state index contributed by atoms with van der Waals surface area (Å²) in [6.45, 7) is 2.29. The van der Waals surface area contributed by atoms with Crippen molar-refractivity contribution in [2.24, 2.45) is 5.41 Å². The predicted molar refractivity (Wildman–Crippen MR) is 125 cm³/mol. The van der Waals surface area contributed by atoms with Gasteiger partial charge in [-0.25, -0.2) is 0 Å². The highest BCUT2D eigenvalue weighted by molar-refractivity contribution is 7.14. The predicted octanol–water partition coefficient (Wildman–Crippen LogP) is 3.45. The van der Waals surface area contributed by atoms with Crippen LogP contribution >= 0.6 is 11.3 Å². The summed E-state index contributed by atoms with van der Waals surface area (Å²) >= 11 is 0.895. The molecule has 10 nitrogen and oxygen atoms in total. The largest absolute Gasteiger partial charge is 0.497 e. The summed E-state index contributed by atoms with van der Waals surface area (Å²) < 4.78 is 15.8. The van der Waals surface area contributed by atoms with Gasteiger partial charge < -0.3 is 24.0 Å². The standard InChI is InChI=1S/C23H27N3O7S/c1-31-15-4-5-18(32-2)16(12-15)20(27)24-9-6-23(7-10-24)8-11-25(14-23)21(28)17-13-34-22(26(29)30)19(17)33-3/h4-5,12-13H,6-11,14H2,1-3H3. The van der Waals surface area contributed by atoms with Crippen LogP contribution in [0.1, 0.15) is 40.0 Å². The molecular formula is C23H27N3O7S. The van der Waals surface area contributed by atoms with Crippen molar-refractivity contribution in [3.05, 3.63) is 44.8 Å². The Bertz CT molecular complexity index is 1110. The maximum atomic E-state index is 13.2. The van der Waals surface area contributed by atoms with Crippen LogP contribution < -0.4 is 14.2 Å². The molecule has 182 valence electrons. The van der Waals surface area contributed by atoms with Crippen LogP contribution in [0.4, 0.5) is 5.00 Å². The van der Waals surface area contributed by atoms with Crippen LogP contribution in [0.5, 0.6) is 17.2 Å². The van der Waals surface area contributed by atoms with Gasteiger partial charge in [-0.05, 0) is 42.9 Å². The number of methoxy groups -OCH3 is 3. The van der Waals surface area contributed by atoms with E-state index in [9.17, 15) is 19.7 Å². The minimum Gasteiger partial charge on any atom is -0.497 e. The molecule has 1 spiro atoms. The molecule has 3 heterocycles. The van der Waals surface area contributed by atoms with Crippen LogP contribution in [0.25, 0.3) is 0 Å². The van der Waals surface area contributed by atoms with Gasteiger partial charge in [0.05, 0.1) is 37.4 Å². The third kappa shape index (κ3) is 4.27. The van der Waals surface area contributed by atoms with Crippen molar-refractivity contribution in [1.29, 1.82) is 0 Å². The third-order valence-corrected chi connectivity index (χ3v) is 7.71. The molecule has 0 saturated carbocycles. The molecule has 2 fully saturated rings. The normalized spacial score (nSPS) is 17.0. The van der Waals surface area contributed by atoms with Gasteiger partial charge in [0, 0.05) is 31.6 Å². The van der Waals surface area contributed by atoms with Crippen LogP contribution in [0, 0.1) is 15.5 Å². The summed E-state index contributed by atoms with van der Waals surface area (Å²) in [5.74, 6) is 0.757. The molecule has 2 aliphatic rings. The second-order valence-corrected chi connectivity index (χ2v) is 9.44. The summed E-state index contributed by atoms with van der Waals surface area (Å²) in [4.78, 5) is 40.6. The smallest absolute Gasteiger partial charge is 0.366 e. The minimum absolute atomic E-state index is 0.0219. The van der Waals surface area contributed by atoms with Gasteiger partial charge in [-0.2, -0.15) is 0 Å². The van der Waals surface area contributed by atoms with Crippen LogP contribution in [0.15, 0.2) is 23.6 Å². The molecule has 1 aromatic heterocycles. The molecule has 0 unspecified atom stereocenters. The van der Waals surface area contributed by atoms with Crippen molar-refractivity contribution in [3.8, 4) is 17.2 Å². The number of hydrogen-bond acceptors (Lipinski definition) is 8. The number of hydrogen-bond donors (Lipinski definition) is 0. The second kappa shape index (κ2) is 9.49. The van der Waals surface area contributed by atoms with Gasteiger partial charge in [0.1, 0.15) is 11.5 Å². The monoisotopic (exact) mass is 489 g/mol. The van der Waals surface area contributed by atoms with E-state index in [0.29, 0.717) is 43.2 Å². The molecular weight excluding hydrogens is 462 g/mol. The van der Waals surface area contributed by atoms with E-state index in [4.69, 9.17) is 14.2 Å². The first-order valence-electron chi connectivity index (χ1n) is 10.9. The number of carbonyl (C=O) groups is 2. The van der Waals surface area contributed by atoms with E-state index in [-0.39, 0.29) is 33.5 Å². The molecule has 11 heteroatoms. The fourth-order valence-electron chi connectivity index (χ4n) is 4.83. The van der Waals surface area contributed by atoms with E-state index in [1.165, 1.54) is 19.6 Å². The Balaban J connectivity index is 1.43. The number of nitrogens with zero attached hydrogens (tertiary/aromatic N) is 3. The van der Waals surface area contributed by atoms with Gasteiger partial charge in [-0.1, -0.05) is 11.3 Å². The lowest BCUT2D eigenvalue weighted by Crippen LogP contribution is -2.44. The molecule has 1 aromatic carbocycles. The Labute approximate surface area is 201 Å². The summed E-state index contributed by atoms with van der Waals surface area (Å²) in [6, 6.07) is 5.16. The van der Waals surface area contributed by atoms with Crippen molar-refractivity contribution in [3.63, 3.8) is 0 Å². The molecule has 0 bridgehead atoms. The van der Waals surface area contributed by atoms with E-state index in [0.717, 1.165) is 30.6 Å². The highest BCUT2D eigenvalue weighted by atomic mass is 32.1. The molecule has 2 amide bonds. The van der Waals surface area contributed by atoms with E-state index >= 15 is 0 Å². The summed E-state index contributed by atoms with van der Waals surface area (Å²) in [5, 5.41) is 12.5. The number of nitro groups is 1. The number of carbonyl (C=O) groups excluding carboxylic acids is 2. The number of likely N-dealkylation sites (tertiary alicyclic amines) is 2. The molecule has 2 aliphatic heterocycles. The van der Waals surface area contributed by atoms with Crippen LogP contribution in [0.3, 0.4) is 0 Å². The molecule has 2 aromatic rings. The number of thiophene rings is 1. The Kier molecular flexibility index (Phi) is 6.65. The molecule has 0 aliphatic carbocycles. The number of piperidine rings is 1. The van der Waals surface area contributed by atoms with Crippen molar-refractivity contribution < 1.29 is 28.7 Å². The number of benzene rings is 1. The zero-order valence-electron chi connectivity index (χ0n) is 19.4. The highest BCUT2D eigenvalue weighted by Crippen LogP contribution is 2.43. The van der Waals surface area contributed by atoms with Crippen LogP contribution in [-0.4, -0.2) is 74.0 Å². The lowest BCUT2D eigenvalue weighted by molar-refractivity contribution is -0.381. The maximum absolute atomic E-state index is 13.2. The first-order valence-corrected chi connectivity index (χ1v) is 11.8. The zero-order chi connectivity index (χ0) is 24.5. The second-order valence-electron chi connectivity index (χ2n) is 8.58. The molecule has 4 rings (SSSR count). The van der Waals surface area contributed by atoms with E-state index in [1.54, 1.807) is 30.2 Å². The number of rotatable bonds is 6. The van der Waals surface area contributed by atoms with Crippen molar-refractivity contribution in [2.75, 3.05) is 47.5 Å². The highest BCUT2D eigenvalue weighted by Gasteiger charge is 2.44. The van der Waals surface area contributed by atoms with Gasteiger partial charge in [0.2, 0.25) is 5.75 Å². The molecule has 0 radical (unpaired) electrons. The number of ether oxygens (including phenoxy) is 3. The first-order chi connectivity index (χ1) is 16.3. The van der Waals surface area contributed by atoms with E-state index < -0.39 is 4.92 Å². The fourth-order valence-corrected chi connectivity index (χ4v) is 5.65. The summed E-state index contributed by atoms with van der Waals surface area (Å²) in [6.07, 6.45) is 2.38. The van der Waals surface area contributed by atoms with Crippen molar-refractivity contribution in [1.82, 2.24) is 9.80 Å². The van der Waals surface area contributed by atoms with E-state index in [2.05, 4.69) is 0 Å². The summed E-state index contributed by atoms with van der Waals surface area (Å²) in [5.41, 5.74) is 0.626. The van der Waals surface area contributed by atoms with Gasteiger partial charge in [-0.3, -0.25) is 19.7 Å². The van der Waals surface area contributed by atoms with Crippen LogP contribution in [-0.2, 0) is 0 Å². The Morgan fingerprint density at radius 3 is 2.21 bits per heavy atom. The Hall–Kier alpha value is -3.34. The average molecular weight is 490 g/mol. The zero-order valence-corrected chi connectivity index (χ0v) is 20.2. The van der Waals surface area contributed by atoms with Crippen molar-refractivity contribution in [2.45, 2.75) is 19.3 Å². The molecule has 2 saturated heterocycles. The molecule has 34 heavy (non-hydrogen) atoms. The fraction of sp³-hybridized carbons (Fsp3) is 0.478.